The summed E-state index contributed by atoms with van der Waals surface area (Å²) in [4.78, 5) is 10.4. The van der Waals surface area contributed by atoms with Crippen molar-refractivity contribution >= 4 is 17.5 Å². The normalized spacial score (nSPS) is 31.6. The van der Waals surface area contributed by atoms with Crippen LogP contribution in [0.4, 0.5) is 0 Å². The molecule has 1 atom stereocenters. The van der Waals surface area contributed by atoms with Crippen molar-refractivity contribution in [3.63, 3.8) is 0 Å². The Morgan fingerprint density at radius 3 is 2.71 bits per heavy atom. The second-order valence-corrected chi connectivity index (χ2v) is 2.82. The fourth-order valence-electron chi connectivity index (χ4n) is 0.542. The highest BCUT2D eigenvalue weighted by atomic mass is 32.2. The summed E-state index contributed by atoms with van der Waals surface area (Å²) in [6.45, 7) is 0. The number of nitrogens with two attached hydrogens (primary N) is 1. The minimum Gasteiger partial charge on any atom is -0.319 e. The van der Waals surface area contributed by atoms with Gasteiger partial charge in [0, 0.05) is 6.42 Å². The SMILES string of the molecule is NC1CC(=O)CS1. The maximum absolute atomic E-state index is 10.4. The van der Waals surface area contributed by atoms with Crippen LogP contribution in [0.25, 0.3) is 0 Å². The zero-order chi connectivity index (χ0) is 5.28. The molecule has 0 aromatic heterocycles. The van der Waals surface area contributed by atoms with Crippen molar-refractivity contribution in [2.24, 2.45) is 5.73 Å². The second-order valence-electron chi connectivity index (χ2n) is 1.59. The Labute approximate surface area is 46.5 Å². The quantitative estimate of drug-likeness (QED) is 0.485. The van der Waals surface area contributed by atoms with Crippen LogP contribution in [-0.4, -0.2) is 16.9 Å². The molecule has 1 fully saturated rings. The van der Waals surface area contributed by atoms with Crippen LogP contribution in [0.15, 0.2) is 0 Å². The van der Waals surface area contributed by atoms with E-state index >= 15 is 0 Å². The average Bonchev–Trinajstić information content (AvgIpc) is 1.87. The van der Waals surface area contributed by atoms with Gasteiger partial charge in [-0.05, 0) is 0 Å². The van der Waals surface area contributed by atoms with Crippen LogP contribution in [0.2, 0.25) is 0 Å². The summed E-state index contributed by atoms with van der Waals surface area (Å²) in [5.74, 6) is 0.916. The second kappa shape index (κ2) is 1.84. The van der Waals surface area contributed by atoms with Gasteiger partial charge < -0.3 is 5.73 Å². The highest BCUT2D eigenvalue weighted by molar-refractivity contribution is 8.01. The van der Waals surface area contributed by atoms with Gasteiger partial charge in [-0.2, -0.15) is 0 Å². The number of ketones is 1. The van der Waals surface area contributed by atoms with Crippen LogP contribution < -0.4 is 5.73 Å². The zero-order valence-electron chi connectivity index (χ0n) is 3.89. The number of hydrogen-bond acceptors (Lipinski definition) is 3. The maximum atomic E-state index is 10.4. The van der Waals surface area contributed by atoms with Gasteiger partial charge in [0.2, 0.25) is 0 Å². The Morgan fingerprint density at radius 1 is 1.86 bits per heavy atom. The molecule has 40 valence electrons. The summed E-state index contributed by atoms with van der Waals surface area (Å²) >= 11 is 1.53. The number of hydrogen-bond donors (Lipinski definition) is 1. The van der Waals surface area contributed by atoms with Crippen LogP contribution in [-0.2, 0) is 4.79 Å². The highest BCUT2D eigenvalue weighted by Crippen LogP contribution is 2.17. The molecular weight excluding hydrogens is 110 g/mol. The fraction of sp³-hybridized carbons (Fsp3) is 0.750. The van der Waals surface area contributed by atoms with E-state index in [2.05, 4.69) is 0 Å². The van der Waals surface area contributed by atoms with E-state index in [1.807, 2.05) is 0 Å². The van der Waals surface area contributed by atoms with Gasteiger partial charge in [0.1, 0.15) is 5.78 Å². The lowest BCUT2D eigenvalue weighted by atomic mass is 10.3. The molecule has 0 spiro atoms. The van der Waals surface area contributed by atoms with E-state index in [0.717, 1.165) is 0 Å². The van der Waals surface area contributed by atoms with Crippen molar-refractivity contribution in [1.82, 2.24) is 0 Å². The van der Waals surface area contributed by atoms with Gasteiger partial charge in [0.15, 0.2) is 0 Å². The molecule has 2 N–H and O–H groups in total. The van der Waals surface area contributed by atoms with Crippen LogP contribution in [0, 0.1) is 0 Å². The van der Waals surface area contributed by atoms with Crippen molar-refractivity contribution < 1.29 is 4.79 Å². The van der Waals surface area contributed by atoms with E-state index in [9.17, 15) is 4.79 Å². The molecule has 1 unspecified atom stereocenters. The van der Waals surface area contributed by atoms with Crippen LogP contribution in [0.1, 0.15) is 6.42 Å². The largest absolute Gasteiger partial charge is 0.319 e. The molecule has 1 heterocycles. The third-order valence-corrected chi connectivity index (χ3v) is 1.97. The lowest BCUT2D eigenvalue weighted by molar-refractivity contribution is -0.116. The molecule has 0 radical (unpaired) electrons. The number of carbonyl (C=O) groups excluding carboxylic acids is 1. The third kappa shape index (κ3) is 1.17. The highest BCUT2D eigenvalue weighted by Gasteiger charge is 2.17. The molecular formula is C4H7NOS. The molecule has 0 aromatic carbocycles. The van der Waals surface area contributed by atoms with Crippen molar-refractivity contribution in [3.8, 4) is 0 Å². The van der Waals surface area contributed by atoms with Crippen molar-refractivity contribution in [1.29, 1.82) is 0 Å². The monoisotopic (exact) mass is 117 g/mol. The van der Waals surface area contributed by atoms with Gasteiger partial charge in [0.25, 0.3) is 0 Å². The molecule has 1 rings (SSSR count). The van der Waals surface area contributed by atoms with Gasteiger partial charge in [-0.25, -0.2) is 0 Å². The molecule has 1 saturated heterocycles. The zero-order valence-corrected chi connectivity index (χ0v) is 4.70. The predicted octanol–water partition coefficient (Wildman–Crippen LogP) is -0.0228. The Kier molecular flexibility index (Phi) is 1.35. The van der Waals surface area contributed by atoms with E-state index in [-0.39, 0.29) is 11.2 Å². The minimum atomic E-state index is 0.0903. The Bertz CT molecular complexity index is 93.7. The van der Waals surface area contributed by atoms with Crippen LogP contribution in [0.5, 0.6) is 0 Å². The molecule has 7 heavy (non-hydrogen) atoms. The molecule has 0 amide bonds. The Morgan fingerprint density at radius 2 is 2.57 bits per heavy atom. The summed E-state index contributed by atoms with van der Waals surface area (Å²) < 4.78 is 0. The molecule has 1 aliphatic rings. The van der Waals surface area contributed by atoms with Crippen LogP contribution in [0.3, 0.4) is 0 Å². The first-order valence-corrected chi connectivity index (χ1v) is 3.23. The standard InChI is InChI=1S/C4H7NOS/c5-4-1-3(6)2-7-4/h4H,1-2,5H2. The predicted molar refractivity (Wildman–Crippen MR) is 30.1 cm³/mol. The Hall–Kier alpha value is -0.0200. The molecule has 0 aromatic rings. The molecule has 1 aliphatic heterocycles. The molecule has 0 bridgehead atoms. The van der Waals surface area contributed by atoms with E-state index in [4.69, 9.17) is 5.73 Å². The lowest BCUT2D eigenvalue weighted by Gasteiger charge is -1.90. The van der Waals surface area contributed by atoms with Crippen molar-refractivity contribution in [2.75, 3.05) is 5.75 Å². The first-order chi connectivity index (χ1) is 3.29. The molecule has 3 heteroatoms. The number of Topliss-reactive ketones (excluding diaryl/α,β-unsaturated/α-hetero) is 1. The topological polar surface area (TPSA) is 43.1 Å². The summed E-state index contributed by atoms with van der Waals surface area (Å²) in [5.41, 5.74) is 5.37. The minimum absolute atomic E-state index is 0.0903. The van der Waals surface area contributed by atoms with Crippen molar-refractivity contribution in [2.45, 2.75) is 11.8 Å². The van der Waals surface area contributed by atoms with Gasteiger partial charge in [0.05, 0.1) is 11.1 Å². The van der Waals surface area contributed by atoms with E-state index < -0.39 is 0 Å². The van der Waals surface area contributed by atoms with Gasteiger partial charge in [-0.3, -0.25) is 4.79 Å². The van der Waals surface area contributed by atoms with Gasteiger partial charge in [-0.1, -0.05) is 0 Å². The summed E-state index contributed by atoms with van der Waals surface area (Å²) in [7, 11) is 0. The molecule has 0 saturated carbocycles. The number of thioether (sulfide) groups is 1. The first-order valence-electron chi connectivity index (χ1n) is 2.18. The number of rotatable bonds is 0. The summed E-state index contributed by atoms with van der Waals surface area (Å²) in [6.07, 6.45) is 0.574. The maximum Gasteiger partial charge on any atom is 0.145 e. The first kappa shape index (κ1) is 5.12. The smallest absolute Gasteiger partial charge is 0.145 e. The van der Waals surface area contributed by atoms with Crippen molar-refractivity contribution in [3.05, 3.63) is 0 Å². The fourth-order valence-corrected chi connectivity index (χ4v) is 1.36. The summed E-state index contributed by atoms with van der Waals surface area (Å²) in [6, 6.07) is 0. The lowest BCUT2D eigenvalue weighted by Crippen LogP contribution is -2.11. The molecule has 2 nitrogen and oxygen atoms in total. The van der Waals surface area contributed by atoms with Gasteiger partial charge in [-0.15, -0.1) is 11.8 Å². The van der Waals surface area contributed by atoms with E-state index in [1.165, 1.54) is 11.8 Å². The number of carbonyl (C=O) groups is 1. The molecule has 0 aliphatic carbocycles. The third-order valence-electron chi connectivity index (χ3n) is 0.887. The average molecular weight is 117 g/mol. The Balaban J connectivity index is 2.40. The van der Waals surface area contributed by atoms with Gasteiger partial charge >= 0.3 is 0 Å². The summed E-state index contributed by atoms with van der Waals surface area (Å²) in [5, 5.41) is 0.0903. The van der Waals surface area contributed by atoms with Crippen LogP contribution >= 0.6 is 11.8 Å². The van der Waals surface area contributed by atoms with E-state index in [0.29, 0.717) is 12.2 Å². The van der Waals surface area contributed by atoms with E-state index in [1.54, 1.807) is 0 Å².